The van der Waals surface area contributed by atoms with Crippen LogP contribution in [0.4, 0.5) is 13.2 Å². The number of alkyl halides is 3. The quantitative estimate of drug-likeness (QED) is 0.248. The molecule has 0 saturated heterocycles. The van der Waals surface area contributed by atoms with Crippen LogP contribution in [0.5, 0.6) is 0 Å². The normalized spacial score (nSPS) is 12.1. The van der Waals surface area contributed by atoms with Gasteiger partial charge in [-0.25, -0.2) is 4.98 Å². The van der Waals surface area contributed by atoms with Crippen molar-refractivity contribution < 1.29 is 13.2 Å². The van der Waals surface area contributed by atoms with Gasteiger partial charge in [0.15, 0.2) is 5.96 Å². The fraction of sp³-hybridized carbons (Fsp3) is 0.556. The molecular formula is C18H27F3IN5. The molecule has 0 atom stereocenters. The SMILES string of the molecule is CN=C(NCCCCC(F)(F)F)NCCCn1c(C)nc2ccccc21.I. The number of unbranched alkanes of at least 4 members (excludes halogenated alkanes) is 1. The number of nitrogens with one attached hydrogen (secondary N) is 2. The Kier molecular flexibility index (Phi) is 9.89. The van der Waals surface area contributed by atoms with Gasteiger partial charge in [0, 0.05) is 33.1 Å². The van der Waals surface area contributed by atoms with Gasteiger partial charge in [-0.3, -0.25) is 4.99 Å². The Morgan fingerprint density at radius 2 is 1.78 bits per heavy atom. The van der Waals surface area contributed by atoms with E-state index in [1.807, 2.05) is 25.1 Å². The minimum absolute atomic E-state index is 0. The van der Waals surface area contributed by atoms with Gasteiger partial charge < -0.3 is 15.2 Å². The highest BCUT2D eigenvalue weighted by molar-refractivity contribution is 14.0. The van der Waals surface area contributed by atoms with E-state index in [9.17, 15) is 13.2 Å². The van der Waals surface area contributed by atoms with Crippen molar-refractivity contribution in [1.82, 2.24) is 20.2 Å². The number of guanidine groups is 1. The molecule has 2 N–H and O–H groups in total. The molecule has 0 aliphatic rings. The number of para-hydroxylation sites is 2. The first-order valence-electron chi connectivity index (χ1n) is 8.84. The van der Waals surface area contributed by atoms with Gasteiger partial charge in [-0.2, -0.15) is 13.2 Å². The van der Waals surface area contributed by atoms with Crippen molar-refractivity contribution in [2.24, 2.45) is 4.99 Å². The third-order valence-electron chi connectivity index (χ3n) is 4.10. The van der Waals surface area contributed by atoms with Crippen LogP contribution in [0.1, 0.15) is 31.5 Å². The highest BCUT2D eigenvalue weighted by atomic mass is 127. The molecular weight excluding hydrogens is 470 g/mol. The Labute approximate surface area is 174 Å². The molecule has 2 aromatic rings. The van der Waals surface area contributed by atoms with Crippen LogP contribution in [0.3, 0.4) is 0 Å². The first kappa shape index (κ1) is 23.5. The maximum Gasteiger partial charge on any atom is 0.389 e. The van der Waals surface area contributed by atoms with Crippen LogP contribution in [-0.2, 0) is 6.54 Å². The Morgan fingerprint density at radius 3 is 2.44 bits per heavy atom. The smallest absolute Gasteiger partial charge is 0.356 e. The number of fused-ring (bicyclic) bond motifs is 1. The van der Waals surface area contributed by atoms with Crippen LogP contribution in [0.25, 0.3) is 11.0 Å². The van der Waals surface area contributed by atoms with E-state index in [0.29, 0.717) is 25.5 Å². The first-order chi connectivity index (χ1) is 12.4. The lowest BCUT2D eigenvalue weighted by atomic mass is 10.2. The molecule has 0 bridgehead atoms. The summed E-state index contributed by atoms with van der Waals surface area (Å²) in [5.74, 6) is 1.60. The maximum absolute atomic E-state index is 12.1. The van der Waals surface area contributed by atoms with E-state index in [-0.39, 0.29) is 30.4 Å². The number of imidazole rings is 1. The highest BCUT2D eigenvalue weighted by Gasteiger charge is 2.25. The van der Waals surface area contributed by atoms with Gasteiger partial charge in [0.25, 0.3) is 0 Å². The second-order valence-corrected chi connectivity index (χ2v) is 6.15. The average molecular weight is 497 g/mol. The third kappa shape index (κ3) is 7.94. The van der Waals surface area contributed by atoms with E-state index in [2.05, 4.69) is 31.2 Å². The predicted molar refractivity (Wildman–Crippen MR) is 114 cm³/mol. The summed E-state index contributed by atoms with van der Waals surface area (Å²) >= 11 is 0. The maximum atomic E-state index is 12.1. The molecule has 0 radical (unpaired) electrons. The Bertz CT molecular complexity index is 727. The molecule has 2 rings (SSSR count). The minimum atomic E-state index is -4.07. The van der Waals surface area contributed by atoms with E-state index in [1.165, 1.54) is 0 Å². The summed E-state index contributed by atoms with van der Waals surface area (Å²) in [6, 6.07) is 8.04. The molecule has 0 saturated carbocycles. The summed E-state index contributed by atoms with van der Waals surface area (Å²) in [6.07, 6.45) is -3.34. The van der Waals surface area contributed by atoms with Crippen molar-refractivity contribution in [3.8, 4) is 0 Å². The molecule has 152 valence electrons. The average Bonchev–Trinajstić information content (AvgIpc) is 2.91. The third-order valence-corrected chi connectivity index (χ3v) is 4.10. The van der Waals surface area contributed by atoms with Gasteiger partial charge in [0.2, 0.25) is 0 Å². The first-order valence-corrected chi connectivity index (χ1v) is 8.84. The van der Waals surface area contributed by atoms with Gasteiger partial charge in [0.05, 0.1) is 11.0 Å². The largest absolute Gasteiger partial charge is 0.389 e. The van der Waals surface area contributed by atoms with Crippen LogP contribution >= 0.6 is 24.0 Å². The zero-order valence-electron chi connectivity index (χ0n) is 15.6. The Hall–Kier alpha value is -1.52. The van der Waals surface area contributed by atoms with Gasteiger partial charge in [-0.1, -0.05) is 12.1 Å². The summed E-state index contributed by atoms with van der Waals surface area (Å²) in [5, 5.41) is 6.23. The van der Waals surface area contributed by atoms with Gasteiger partial charge in [-0.05, 0) is 38.3 Å². The Morgan fingerprint density at radius 1 is 1.11 bits per heavy atom. The van der Waals surface area contributed by atoms with Crippen molar-refractivity contribution in [2.45, 2.75) is 45.3 Å². The van der Waals surface area contributed by atoms with Crippen LogP contribution in [0.15, 0.2) is 29.3 Å². The second kappa shape index (κ2) is 11.4. The predicted octanol–water partition coefficient (Wildman–Crippen LogP) is 4.25. The van der Waals surface area contributed by atoms with Crippen LogP contribution < -0.4 is 10.6 Å². The number of halogens is 4. The number of hydrogen-bond donors (Lipinski definition) is 2. The number of hydrogen-bond acceptors (Lipinski definition) is 2. The van der Waals surface area contributed by atoms with Gasteiger partial charge in [0.1, 0.15) is 5.82 Å². The van der Waals surface area contributed by atoms with E-state index in [0.717, 1.165) is 29.8 Å². The van der Waals surface area contributed by atoms with Crippen molar-refractivity contribution in [3.63, 3.8) is 0 Å². The molecule has 1 aromatic heterocycles. The minimum Gasteiger partial charge on any atom is -0.356 e. The number of aryl methyl sites for hydroxylation is 2. The van der Waals surface area contributed by atoms with Crippen molar-refractivity contribution in [3.05, 3.63) is 30.1 Å². The lowest BCUT2D eigenvalue weighted by Gasteiger charge is -2.13. The van der Waals surface area contributed by atoms with E-state index < -0.39 is 12.6 Å². The number of aliphatic imine (C=N–C) groups is 1. The fourth-order valence-corrected chi connectivity index (χ4v) is 2.80. The van der Waals surface area contributed by atoms with Crippen molar-refractivity contribution >= 4 is 41.0 Å². The molecule has 0 unspecified atom stereocenters. The number of rotatable bonds is 8. The van der Waals surface area contributed by atoms with Crippen LogP contribution in [0, 0.1) is 6.92 Å². The van der Waals surface area contributed by atoms with Gasteiger partial charge in [-0.15, -0.1) is 24.0 Å². The summed E-state index contributed by atoms with van der Waals surface area (Å²) < 4.78 is 38.5. The highest BCUT2D eigenvalue weighted by Crippen LogP contribution is 2.21. The number of aromatic nitrogens is 2. The molecule has 1 heterocycles. The van der Waals surface area contributed by atoms with Gasteiger partial charge >= 0.3 is 6.18 Å². The standard InChI is InChI=1S/C18H26F3N5.HI/c1-14-25-15-8-3-4-9-16(15)26(14)13-7-12-24-17(22-2)23-11-6-5-10-18(19,20)21;/h3-4,8-9H,5-7,10-13H2,1-2H3,(H2,22,23,24);1H. The second-order valence-electron chi connectivity index (χ2n) is 6.15. The number of nitrogens with zero attached hydrogens (tertiary/aromatic N) is 3. The molecule has 27 heavy (non-hydrogen) atoms. The summed E-state index contributed by atoms with van der Waals surface area (Å²) in [5.41, 5.74) is 2.12. The van der Waals surface area contributed by atoms with Crippen molar-refractivity contribution in [2.75, 3.05) is 20.1 Å². The number of benzene rings is 1. The zero-order valence-corrected chi connectivity index (χ0v) is 18.0. The van der Waals surface area contributed by atoms with Crippen LogP contribution in [0.2, 0.25) is 0 Å². The topological polar surface area (TPSA) is 54.2 Å². The van der Waals surface area contributed by atoms with E-state index in [4.69, 9.17) is 0 Å². The molecule has 0 spiro atoms. The zero-order chi connectivity index (χ0) is 19.0. The molecule has 0 aliphatic heterocycles. The molecule has 9 heteroatoms. The molecule has 0 amide bonds. The lowest BCUT2D eigenvalue weighted by molar-refractivity contribution is -0.135. The fourth-order valence-electron chi connectivity index (χ4n) is 2.80. The lowest BCUT2D eigenvalue weighted by Crippen LogP contribution is -2.38. The summed E-state index contributed by atoms with van der Waals surface area (Å²) in [4.78, 5) is 8.63. The molecule has 0 aliphatic carbocycles. The summed E-state index contributed by atoms with van der Waals surface area (Å²) in [7, 11) is 1.65. The molecule has 0 fully saturated rings. The monoisotopic (exact) mass is 497 g/mol. The van der Waals surface area contributed by atoms with E-state index >= 15 is 0 Å². The summed E-state index contributed by atoms with van der Waals surface area (Å²) in [6.45, 7) is 4.02. The molecule has 5 nitrogen and oxygen atoms in total. The Balaban J connectivity index is 0.00000364. The van der Waals surface area contributed by atoms with Crippen LogP contribution in [-0.4, -0.2) is 41.8 Å². The van der Waals surface area contributed by atoms with Crippen molar-refractivity contribution in [1.29, 1.82) is 0 Å². The molecule has 1 aromatic carbocycles. The van der Waals surface area contributed by atoms with E-state index in [1.54, 1.807) is 7.05 Å².